The van der Waals surface area contributed by atoms with Crippen molar-refractivity contribution in [2.24, 2.45) is 0 Å². The van der Waals surface area contributed by atoms with Crippen LogP contribution in [0.25, 0.3) is 16.8 Å². The third kappa shape index (κ3) is 6.62. The molecule has 0 unspecified atom stereocenters. The molecule has 1 aliphatic carbocycles. The molecule has 3 aromatic carbocycles. The van der Waals surface area contributed by atoms with E-state index >= 15 is 0 Å². The van der Waals surface area contributed by atoms with Crippen LogP contribution in [0.1, 0.15) is 24.0 Å². The SMILES string of the molecule is CNc1cncn1-c1ccc(-c2ccc(C3(C(=O)[O-])CC3)cc2)cc1.O=COCc1ccccc1Cl.[Na+]. The number of rotatable bonds is 8. The van der Waals surface area contributed by atoms with E-state index in [4.69, 9.17) is 11.6 Å². The van der Waals surface area contributed by atoms with Gasteiger partial charge in [0.15, 0.2) is 0 Å². The van der Waals surface area contributed by atoms with Crippen LogP contribution < -0.4 is 40.0 Å². The molecular formula is C28H25ClN3NaO4. The van der Waals surface area contributed by atoms with Gasteiger partial charge in [0, 0.05) is 28.7 Å². The minimum atomic E-state index is -0.967. The van der Waals surface area contributed by atoms with Crippen LogP contribution >= 0.6 is 11.6 Å². The molecule has 1 fully saturated rings. The molecule has 0 saturated heterocycles. The Labute approximate surface area is 242 Å². The summed E-state index contributed by atoms with van der Waals surface area (Å²) in [5.41, 5.74) is 4.07. The van der Waals surface area contributed by atoms with Crippen molar-refractivity contribution in [3.05, 3.63) is 101 Å². The fourth-order valence-electron chi connectivity index (χ4n) is 3.96. The van der Waals surface area contributed by atoms with Crippen molar-refractivity contribution >= 4 is 29.9 Å². The molecule has 0 radical (unpaired) electrons. The summed E-state index contributed by atoms with van der Waals surface area (Å²) in [7, 11) is 1.86. The molecular weight excluding hydrogens is 501 g/mol. The Morgan fingerprint density at radius 1 is 1.08 bits per heavy atom. The zero-order valence-electron chi connectivity index (χ0n) is 20.7. The van der Waals surface area contributed by atoms with Gasteiger partial charge >= 0.3 is 29.6 Å². The monoisotopic (exact) mass is 525 g/mol. The number of ether oxygens (including phenoxy) is 1. The van der Waals surface area contributed by atoms with Crippen LogP contribution in [-0.4, -0.2) is 29.0 Å². The summed E-state index contributed by atoms with van der Waals surface area (Å²) in [5.74, 6) is -0.0422. The van der Waals surface area contributed by atoms with Crippen molar-refractivity contribution in [1.82, 2.24) is 9.55 Å². The summed E-state index contributed by atoms with van der Waals surface area (Å²) in [6.07, 6.45) is 4.88. The number of nitrogens with zero attached hydrogens (tertiary/aromatic N) is 2. The first-order chi connectivity index (χ1) is 17.5. The number of imidazole rings is 1. The van der Waals surface area contributed by atoms with Gasteiger partial charge in [-0.3, -0.25) is 9.36 Å². The molecule has 1 N–H and O–H groups in total. The maximum Gasteiger partial charge on any atom is 1.00 e. The summed E-state index contributed by atoms with van der Waals surface area (Å²) in [5, 5.41) is 15.0. The fourth-order valence-corrected chi connectivity index (χ4v) is 4.15. The van der Waals surface area contributed by atoms with Gasteiger partial charge in [0.1, 0.15) is 18.8 Å². The van der Waals surface area contributed by atoms with E-state index in [1.807, 2.05) is 66.2 Å². The van der Waals surface area contributed by atoms with Crippen molar-refractivity contribution in [1.29, 1.82) is 0 Å². The van der Waals surface area contributed by atoms with Crippen molar-refractivity contribution in [3.8, 4) is 16.8 Å². The Bertz CT molecular complexity index is 1340. The van der Waals surface area contributed by atoms with E-state index in [1.165, 1.54) is 0 Å². The quantitative estimate of drug-likeness (QED) is 0.276. The fraction of sp³-hybridized carbons (Fsp3) is 0.179. The Hall–Kier alpha value is -3.10. The predicted molar refractivity (Wildman–Crippen MR) is 137 cm³/mol. The number of benzene rings is 3. The normalized spacial score (nSPS) is 12.8. The number of hydrogen-bond donors (Lipinski definition) is 1. The Morgan fingerprint density at radius 2 is 1.70 bits per heavy atom. The zero-order valence-corrected chi connectivity index (χ0v) is 23.4. The second kappa shape index (κ2) is 12.9. The number of hydrogen-bond acceptors (Lipinski definition) is 6. The van der Waals surface area contributed by atoms with Crippen LogP contribution in [0.2, 0.25) is 5.02 Å². The van der Waals surface area contributed by atoms with Crippen molar-refractivity contribution in [2.75, 3.05) is 12.4 Å². The van der Waals surface area contributed by atoms with Crippen LogP contribution in [0, 0.1) is 0 Å². The predicted octanol–water partition coefficient (Wildman–Crippen LogP) is 1.38. The second-order valence-corrected chi connectivity index (χ2v) is 8.80. The molecule has 1 aromatic heterocycles. The van der Waals surface area contributed by atoms with Crippen LogP contribution in [0.5, 0.6) is 0 Å². The maximum absolute atomic E-state index is 11.3. The van der Waals surface area contributed by atoms with E-state index < -0.39 is 11.4 Å². The average molecular weight is 526 g/mol. The van der Waals surface area contributed by atoms with Crippen molar-refractivity contribution in [3.63, 3.8) is 0 Å². The number of nitrogens with one attached hydrogen (secondary N) is 1. The van der Waals surface area contributed by atoms with Gasteiger partial charge in [0.2, 0.25) is 0 Å². The molecule has 4 aromatic rings. The number of aliphatic carboxylic acids is 1. The van der Waals surface area contributed by atoms with Crippen molar-refractivity contribution < 1.29 is 49.0 Å². The average Bonchev–Trinajstić information content (AvgIpc) is 3.60. The molecule has 184 valence electrons. The molecule has 7 nitrogen and oxygen atoms in total. The molecule has 0 spiro atoms. The molecule has 37 heavy (non-hydrogen) atoms. The molecule has 9 heteroatoms. The smallest absolute Gasteiger partial charge is 0.549 e. The molecule has 1 heterocycles. The van der Waals surface area contributed by atoms with Crippen LogP contribution in [0.3, 0.4) is 0 Å². The largest absolute Gasteiger partial charge is 1.00 e. The minimum Gasteiger partial charge on any atom is -0.549 e. The summed E-state index contributed by atoms with van der Waals surface area (Å²) in [6, 6.07) is 23.2. The number of carbonyl (C=O) groups excluding carboxylic acids is 2. The Kier molecular flexibility index (Phi) is 9.94. The molecule has 0 amide bonds. The first-order valence-electron chi connectivity index (χ1n) is 11.4. The Balaban J connectivity index is 0.000000269. The summed E-state index contributed by atoms with van der Waals surface area (Å²) in [4.78, 5) is 25.3. The van der Waals surface area contributed by atoms with Crippen LogP contribution in [0.4, 0.5) is 5.82 Å². The summed E-state index contributed by atoms with van der Waals surface area (Å²) in [6.45, 7) is 0.645. The number of carboxylic acids is 1. The van der Waals surface area contributed by atoms with Gasteiger partial charge in [-0.25, -0.2) is 4.98 Å². The molecule has 5 rings (SSSR count). The molecule has 1 saturated carbocycles. The van der Waals surface area contributed by atoms with Gasteiger partial charge in [-0.15, -0.1) is 0 Å². The third-order valence-electron chi connectivity index (χ3n) is 6.22. The second-order valence-electron chi connectivity index (χ2n) is 8.39. The van der Waals surface area contributed by atoms with E-state index in [1.54, 1.807) is 18.6 Å². The zero-order chi connectivity index (χ0) is 25.5. The van der Waals surface area contributed by atoms with Gasteiger partial charge in [0.25, 0.3) is 6.47 Å². The van der Waals surface area contributed by atoms with E-state index in [0.29, 0.717) is 24.3 Å². The minimum absolute atomic E-state index is 0. The van der Waals surface area contributed by atoms with Crippen LogP contribution in [0.15, 0.2) is 85.3 Å². The van der Waals surface area contributed by atoms with Gasteiger partial charge in [-0.1, -0.05) is 66.2 Å². The summed E-state index contributed by atoms with van der Waals surface area (Å²) >= 11 is 5.76. The first kappa shape index (κ1) is 28.5. The molecule has 1 aliphatic rings. The number of carbonyl (C=O) groups is 2. The molecule has 0 atom stereocenters. The van der Waals surface area contributed by atoms with Gasteiger partial charge in [0.05, 0.1) is 12.2 Å². The number of halogens is 1. The van der Waals surface area contributed by atoms with E-state index in [2.05, 4.69) is 27.2 Å². The van der Waals surface area contributed by atoms with Gasteiger partial charge in [-0.05, 0) is 47.7 Å². The van der Waals surface area contributed by atoms with Gasteiger partial charge < -0.3 is 20.0 Å². The maximum atomic E-state index is 11.3. The first-order valence-corrected chi connectivity index (χ1v) is 11.8. The Morgan fingerprint density at radius 3 is 2.24 bits per heavy atom. The molecule has 0 aliphatic heterocycles. The topological polar surface area (TPSA) is 96.3 Å². The summed E-state index contributed by atoms with van der Waals surface area (Å²) < 4.78 is 6.51. The third-order valence-corrected chi connectivity index (χ3v) is 6.59. The van der Waals surface area contributed by atoms with E-state index in [0.717, 1.165) is 33.8 Å². The van der Waals surface area contributed by atoms with E-state index in [-0.39, 0.29) is 36.2 Å². The number of aromatic nitrogens is 2. The van der Waals surface area contributed by atoms with E-state index in [9.17, 15) is 14.7 Å². The van der Waals surface area contributed by atoms with Gasteiger partial charge in [-0.2, -0.15) is 0 Å². The standard InChI is InChI=1S/C20H19N3O2.C8H7ClO2.Na/c1-21-18-12-22-13-23(18)17-8-4-15(5-9-17)14-2-6-16(7-3-14)20(10-11-20)19(24)25;9-8-4-2-1-3-7(8)5-11-6-10;/h2-9,12-13,21H,10-11H2,1H3,(H,24,25);1-4,6H,5H2;/q;;+1/p-1. The molecule has 0 bridgehead atoms. The number of anilines is 1. The van der Waals surface area contributed by atoms with Crippen molar-refractivity contribution in [2.45, 2.75) is 24.9 Å². The number of carboxylic acid groups (broad SMARTS) is 1. The van der Waals surface area contributed by atoms with Crippen LogP contribution in [-0.2, 0) is 26.3 Å².